The largest absolute Gasteiger partial charge is 0.480 e. The van der Waals surface area contributed by atoms with Crippen molar-refractivity contribution in [3.8, 4) is 0 Å². The van der Waals surface area contributed by atoms with E-state index in [2.05, 4.69) is 5.32 Å². The molecule has 4 fully saturated rings. The smallest absolute Gasteiger partial charge is 0.327 e. The van der Waals surface area contributed by atoms with Gasteiger partial charge in [0.2, 0.25) is 5.91 Å². The number of nitrogens with one attached hydrogen (secondary N) is 1. The molecule has 4 N–H and O–H groups in total. The van der Waals surface area contributed by atoms with Gasteiger partial charge in [-0.2, -0.15) is 0 Å². The topological polar surface area (TPSA) is 142 Å². The number of carboxylic acid groups (broad SMARTS) is 1. The second-order valence-corrected chi connectivity index (χ2v) is 10.0. The average molecular weight is 397 g/mol. The van der Waals surface area contributed by atoms with Gasteiger partial charge in [0.15, 0.2) is 0 Å². The number of nitrogens with two attached hydrogens (primary N) is 1. The molecule has 148 valence electrons. The molecular formula is C17H23N3O6S. The van der Waals surface area contributed by atoms with E-state index in [1.54, 1.807) is 13.8 Å². The first-order valence-electron chi connectivity index (χ1n) is 9.11. The van der Waals surface area contributed by atoms with Crippen LogP contribution in [-0.2, 0) is 23.9 Å². The Kier molecular flexibility index (Phi) is 3.85. The third-order valence-corrected chi connectivity index (χ3v) is 7.81. The van der Waals surface area contributed by atoms with Gasteiger partial charge in [-0.25, -0.2) is 4.79 Å². The van der Waals surface area contributed by atoms with E-state index >= 15 is 0 Å². The molecule has 1 unspecified atom stereocenters. The quantitative estimate of drug-likeness (QED) is 0.332. The number of carboxylic acids is 1. The second-order valence-electron chi connectivity index (χ2n) is 8.25. The Morgan fingerprint density at radius 3 is 2.44 bits per heavy atom. The van der Waals surface area contributed by atoms with Gasteiger partial charge in [-0.1, -0.05) is 19.3 Å². The Balaban J connectivity index is 1.52. The van der Waals surface area contributed by atoms with E-state index in [4.69, 9.17) is 10.5 Å². The van der Waals surface area contributed by atoms with Crippen molar-refractivity contribution in [1.82, 2.24) is 10.2 Å². The minimum atomic E-state index is -1.72. The number of aliphatic carboxylic acids is 1. The van der Waals surface area contributed by atoms with Crippen LogP contribution in [0.25, 0.3) is 0 Å². The number of carbonyl (C=O) groups excluding carboxylic acids is 3. The zero-order valence-corrected chi connectivity index (χ0v) is 16.0. The Bertz CT molecular complexity index is 749. The molecule has 4 aliphatic rings. The van der Waals surface area contributed by atoms with Crippen LogP contribution >= 0.6 is 11.8 Å². The number of epoxide rings is 1. The van der Waals surface area contributed by atoms with Crippen molar-refractivity contribution in [3.05, 3.63) is 0 Å². The molecule has 1 aliphatic carbocycles. The van der Waals surface area contributed by atoms with Crippen LogP contribution in [-0.4, -0.2) is 67.1 Å². The summed E-state index contributed by atoms with van der Waals surface area (Å²) in [5.74, 6) is -3.06. The zero-order valence-electron chi connectivity index (χ0n) is 15.2. The minimum absolute atomic E-state index is 0.461. The molecule has 10 heteroatoms. The van der Waals surface area contributed by atoms with Crippen LogP contribution in [0.3, 0.4) is 0 Å². The lowest BCUT2D eigenvalue weighted by Crippen LogP contribution is -2.72. The first kappa shape index (κ1) is 18.5. The third kappa shape index (κ3) is 2.29. The number of carbonyl (C=O) groups is 4. The maximum atomic E-state index is 12.9. The highest BCUT2D eigenvalue weighted by molar-refractivity contribution is 8.01. The normalized spacial score (nSPS) is 38.1. The molecule has 0 radical (unpaired) electrons. The number of rotatable bonds is 4. The van der Waals surface area contributed by atoms with Crippen molar-refractivity contribution in [3.63, 3.8) is 0 Å². The van der Waals surface area contributed by atoms with Crippen molar-refractivity contribution >= 4 is 35.5 Å². The lowest BCUT2D eigenvalue weighted by Gasteiger charge is -2.43. The summed E-state index contributed by atoms with van der Waals surface area (Å²) in [6, 6.07) is -1.84. The number of β-lactam (4-membered cyclic amide) rings is 1. The lowest BCUT2D eigenvalue weighted by molar-refractivity contribution is -0.161. The number of ether oxygens (including phenoxy) is 1. The monoisotopic (exact) mass is 397 g/mol. The van der Waals surface area contributed by atoms with E-state index in [0.717, 1.165) is 19.3 Å². The molecule has 1 saturated carbocycles. The second kappa shape index (κ2) is 5.60. The van der Waals surface area contributed by atoms with E-state index in [-0.39, 0.29) is 0 Å². The fourth-order valence-electron chi connectivity index (χ4n) is 4.87. The van der Waals surface area contributed by atoms with E-state index in [0.29, 0.717) is 12.8 Å². The van der Waals surface area contributed by atoms with Gasteiger partial charge in [-0.15, -0.1) is 11.8 Å². The summed E-state index contributed by atoms with van der Waals surface area (Å²) in [5, 5.41) is 11.6. The molecular weight excluding hydrogens is 374 g/mol. The van der Waals surface area contributed by atoms with Gasteiger partial charge < -0.3 is 25.8 Å². The summed E-state index contributed by atoms with van der Waals surface area (Å²) in [4.78, 5) is 50.4. The van der Waals surface area contributed by atoms with Crippen LogP contribution in [0.2, 0.25) is 0 Å². The summed E-state index contributed by atoms with van der Waals surface area (Å²) < 4.78 is 4.97. The number of thioether (sulfide) groups is 1. The summed E-state index contributed by atoms with van der Waals surface area (Å²) in [7, 11) is 0. The van der Waals surface area contributed by atoms with Gasteiger partial charge in [0.1, 0.15) is 23.1 Å². The van der Waals surface area contributed by atoms with Crippen LogP contribution in [0.5, 0.6) is 0 Å². The molecule has 3 amide bonds. The van der Waals surface area contributed by atoms with Gasteiger partial charge in [0.25, 0.3) is 17.4 Å². The first-order valence-corrected chi connectivity index (χ1v) is 9.99. The molecule has 1 spiro atoms. The van der Waals surface area contributed by atoms with Crippen LogP contribution in [0.1, 0.15) is 46.0 Å². The Morgan fingerprint density at radius 2 is 1.89 bits per heavy atom. The van der Waals surface area contributed by atoms with Crippen molar-refractivity contribution in [2.45, 2.75) is 79.4 Å². The van der Waals surface area contributed by atoms with Crippen molar-refractivity contribution in [1.29, 1.82) is 0 Å². The van der Waals surface area contributed by atoms with E-state index < -0.39 is 57.1 Å². The molecule has 3 aliphatic heterocycles. The molecule has 27 heavy (non-hydrogen) atoms. The van der Waals surface area contributed by atoms with E-state index in [9.17, 15) is 24.3 Å². The molecule has 0 aromatic heterocycles. The van der Waals surface area contributed by atoms with Gasteiger partial charge in [-0.3, -0.25) is 14.4 Å². The lowest BCUT2D eigenvalue weighted by atomic mass is 9.79. The summed E-state index contributed by atoms with van der Waals surface area (Å²) in [6.07, 6.45) is 3.89. The standard InChI is InChI=1S/C17H23N3O6S/c1-15(2)9(12(22)23)20-10(21)8(11(20)27-15)19-14(25)17(13(18)24)16(26-17)6-4-3-5-7-16/h8-9,11H,3-7H2,1-2H3,(H2,18,24)(H,19,25)(H,22,23)/t8-,9+,11-,17?/m1/s1. The summed E-state index contributed by atoms with van der Waals surface area (Å²) in [6.45, 7) is 3.51. The SMILES string of the molecule is CC1(C)S[C@@H]2[C@H](NC(=O)C3(C(N)=O)OC34CCCCC4)C(=O)N2[C@H]1C(=O)O. The van der Waals surface area contributed by atoms with E-state index in [1.165, 1.54) is 16.7 Å². The molecule has 3 saturated heterocycles. The van der Waals surface area contributed by atoms with Crippen molar-refractivity contribution in [2.24, 2.45) is 5.73 Å². The fourth-order valence-corrected chi connectivity index (χ4v) is 6.50. The molecule has 0 aromatic rings. The zero-order chi connectivity index (χ0) is 19.8. The number of fused-ring (bicyclic) bond motifs is 1. The number of hydrogen-bond donors (Lipinski definition) is 3. The Morgan fingerprint density at radius 1 is 1.26 bits per heavy atom. The number of amides is 3. The number of hydrogen-bond acceptors (Lipinski definition) is 6. The highest BCUT2D eigenvalue weighted by atomic mass is 32.2. The molecule has 4 rings (SSSR count). The molecule has 9 nitrogen and oxygen atoms in total. The number of primary amides is 1. The van der Waals surface area contributed by atoms with Gasteiger partial charge in [-0.05, 0) is 26.7 Å². The van der Waals surface area contributed by atoms with Gasteiger partial charge in [0, 0.05) is 4.75 Å². The average Bonchev–Trinajstić information content (AvgIpc) is 3.16. The number of nitrogens with zero attached hydrogens (tertiary/aromatic N) is 1. The highest BCUT2D eigenvalue weighted by Crippen LogP contribution is 2.57. The Labute approximate surface area is 160 Å². The van der Waals surface area contributed by atoms with Crippen LogP contribution in [0.15, 0.2) is 0 Å². The van der Waals surface area contributed by atoms with Crippen molar-refractivity contribution < 1.29 is 29.0 Å². The van der Waals surface area contributed by atoms with Crippen molar-refractivity contribution in [2.75, 3.05) is 0 Å². The molecule has 0 aromatic carbocycles. The van der Waals surface area contributed by atoms with Gasteiger partial charge in [0.05, 0.1) is 0 Å². The predicted octanol–water partition coefficient (Wildman–Crippen LogP) is -0.425. The first-order chi connectivity index (χ1) is 12.6. The van der Waals surface area contributed by atoms with Crippen LogP contribution in [0.4, 0.5) is 0 Å². The molecule has 0 bridgehead atoms. The maximum Gasteiger partial charge on any atom is 0.327 e. The minimum Gasteiger partial charge on any atom is -0.480 e. The Hall–Kier alpha value is -1.81. The molecule has 4 atom stereocenters. The van der Waals surface area contributed by atoms with Gasteiger partial charge >= 0.3 is 5.97 Å². The fraction of sp³-hybridized carbons (Fsp3) is 0.765. The maximum absolute atomic E-state index is 12.9. The third-order valence-electron chi connectivity index (χ3n) is 6.24. The van der Waals surface area contributed by atoms with Crippen LogP contribution in [0, 0.1) is 0 Å². The highest BCUT2D eigenvalue weighted by Gasteiger charge is 2.78. The predicted molar refractivity (Wildman–Crippen MR) is 94.5 cm³/mol. The summed E-state index contributed by atoms with van der Waals surface area (Å²) >= 11 is 1.33. The van der Waals surface area contributed by atoms with Crippen LogP contribution < -0.4 is 11.1 Å². The molecule has 3 heterocycles. The van der Waals surface area contributed by atoms with E-state index in [1.807, 2.05) is 0 Å². The summed E-state index contributed by atoms with van der Waals surface area (Å²) in [5.41, 5.74) is 2.93.